The minimum Gasteiger partial charge on any atom is -0.496 e. The van der Waals surface area contributed by atoms with Crippen LogP contribution in [0.4, 0.5) is 5.69 Å². The number of anilines is 1. The van der Waals surface area contributed by atoms with Crippen molar-refractivity contribution in [1.29, 1.82) is 0 Å². The number of H-pyrrole nitrogens is 1. The van der Waals surface area contributed by atoms with Crippen LogP contribution in [0.25, 0.3) is 10.9 Å². The third-order valence-corrected chi connectivity index (χ3v) is 17.1. The lowest BCUT2D eigenvalue weighted by Gasteiger charge is -2.63. The molecule has 1 aliphatic carbocycles. The Labute approximate surface area is 402 Å². The number of aliphatic hydroxyl groups is 1. The first-order valence-corrected chi connectivity index (χ1v) is 24.3. The van der Waals surface area contributed by atoms with E-state index in [0.29, 0.717) is 81.1 Å². The number of hydrogen-bond donors (Lipinski definition) is 2. The zero-order valence-electron chi connectivity index (χ0n) is 40.4. The maximum Gasteiger partial charge on any atom is 0.379 e. The quantitative estimate of drug-likeness (QED) is 0.0691. The Kier molecular flexibility index (Phi) is 11.6. The lowest BCUT2D eigenvalue weighted by Crippen LogP contribution is -2.81. The van der Waals surface area contributed by atoms with Gasteiger partial charge in [0.15, 0.2) is 6.10 Å². The van der Waals surface area contributed by atoms with Crippen LogP contribution in [0.5, 0.6) is 5.75 Å². The number of piperidine rings is 1. The number of rotatable bonds is 10. The number of nitrogens with one attached hydrogen (secondary N) is 1. The van der Waals surface area contributed by atoms with Gasteiger partial charge in [0.05, 0.1) is 27.4 Å². The maximum atomic E-state index is 15.8. The van der Waals surface area contributed by atoms with Crippen molar-refractivity contribution in [2.45, 2.75) is 93.6 Å². The fraction of sp³-hybridized carbons (Fsp3) is 0.500. The molecule has 0 radical (unpaired) electrons. The van der Waals surface area contributed by atoms with Crippen LogP contribution >= 0.6 is 0 Å². The summed E-state index contributed by atoms with van der Waals surface area (Å²) in [6.45, 7) is 8.26. The van der Waals surface area contributed by atoms with E-state index < -0.39 is 75.7 Å². The van der Waals surface area contributed by atoms with Gasteiger partial charge in [0.1, 0.15) is 17.3 Å². The van der Waals surface area contributed by atoms with Gasteiger partial charge >= 0.3 is 23.9 Å². The fourth-order valence-electron chi connectivity index (χ4n) is 14.5. The summed E-state index contributed by atoms with van der Waals surface area (Å²) in [5.41, 5.74) is -1.48. The first-order valence-electron chi connectivity index (χ1n) is 24.3. The molecule has 3 fully saturated rings. The zero-order chi connectivity index (χ0) is 48.8. The van der Waals surface area contributed by atoms with Crippen molar-refractivity contribution < 1.29 is 52.8 Å². The van der Waals surface area contributed by atoms with Crippen LogP contribution in [0.15, 0.2) is 78.9 Å². The number of esters is 4. The number of para-hydroxylation sites is 1. The minimum absolute atomic E-state index is 0.0865. The first-order chi connectivity index (χ1) is 33.2. The van der Waals surface area contributed by atoms with Gasteiger partial charge in [-0.1, -0.05) is 74.5 Å². The number of Topliss-reactive ketones (excluding diaryl/α,β-unsaturated/α-hetero) is 1. The molecule has 10 rings (SSSR count). The van der Waals surface area contributed by atoms with Gasteiger partial charge in [-0.05, 0) is 61.9 Å². The lowest BCUT2D eigenvalue weighted by atomic mass is 9.47. The number of hydrogen-bond acceptors (Lipinski definition) is 14. The number of likely N-dealkylation sites (N-methyl/N-ethyl adjacent to an activating group) is 1. The number of carbonyl (C=O) groups is 5. The van der Waals surface area contributed by atoms with Crippen molar-refractivity contribution in [3.63, 3.8) is 0 Å². The van der Waals surface area contributed by atoms with E-state index in [4.69, 9.17) is 23.7 Å². The third-order valence-electron chi connectivity index (χ3n) is 17.1. The summed E-state index contributed by atoms with van der Waals surface area (Å²) in [4.78, 5) is 81.6. The van der Waals surface area contributed by atoms with Gasteiger partial charge in [-0.15, -0.1) is 0 Å². The Morgan fingerprint density at radius 2 is 1.61 bits per heavy atom. The van der Waals surface area contributed by atoms with Crippen molar-refractivity contribution in [3.05, 3.63) is 107 Å². The normalized spacial score (nSPS) is 33.1. The van der Waals surface area contributed by atoms with Crippen LogP contribution in [0, 0.1) is 17.3 Å². The number of nitrogens with zero attached hydrogens (tertiary/aromatic N) is 3. The summed E-state index contributed by atoms with van der Waals surface area (Å²) in [7, 11) is 6.00. The molecule has 15 nitrogen and oxygen atoms in total. The Morgan fingerprint density at radius 3 is 2.30 bits per heavy atom. The second-order valence-corrected chi connectivity index (χ2v) is 20.1. The minimum atomic E-state index is -2.37. The van der Waals surface area contributed by atoms with Gasteiger partial charge in [-0.25, -0.2) is 9.59 Å². The molecule has 4 aromatic rings. The molecular formula is C54H62N4O11. The molecular weight excluding hydrogens is 881 g/mol. The lowest BCUT2D eigenvalue weighted by molar-refractivity contribution is -0.228. The third kappa shape index (κ3) is 6.51. The number of ether oxygens (including phenoxy) is 5. The predicted molar refractivity (Wildman–Crippen MR) is 255 cm³/mol. The molecule has 3 aromatic carbocycles. The highest BCUT2D eigenvalue weighted by molar-refractivity contribution is 6.40. The van der Waals surface area contributed by atoms with E-state index in [9.17, 15) is 24.3 Å². The van der Waals surface area contributed by atoms with Crippen LogP contribution in [0.2, 0.25) is 0 Å². The number of aromatic nitrogens is 1. The SMILES string of the molecule is CC[C@@H]1CN2CCc3c([nH]c4ccccc34)[C@@](C(=O)OC)(c3cc4c(cc3OC)N(C)[C@H]3[C@@](O)(C(=O)OC)[C@H](OC(C)=O)[C@]5(CC)C=CCN6CC[C@]43[C@@H]65)C[C@@H](C2)[C@H]1OC(=O)C(=O)c1ccccc1. The molecule has 1 aromatic heterocycles. The van der Waals surface area contributed by atoms with Crippen LogP contribution in [0.1, 0.15) is 79.2 Å². The molecule has 2 saturated heterocycles. The summed E-state index contributed by atoms with van der Waals surface area (Å²) in [5, 5.41) is 14.4. The highest BCUT2D eigenvalue weighted by atomic mass is 16.6. The number of benzene rings is 3. The van der Waals surface area contributed by atoms with Crippen LogP contribution < -0.4 is 9.64 Å². The molecule has 15 heteroatoms. The van der Waals surface area contributed by atoms with Crippen LogP contribution in [-0.2, 0) is 55.4 Å². The van der Waals surface area contributed by atoms with Crippen LogP contribution in [0.3, 0.4) is 0 Å². The van der Waals surface area contributed by atoms with Gasteiger partial charge in [0.25, 0.3) is 5.78 Å². The molecule has 364 valence electrons. The van der Waals surface area contributed by atoms with Gasteiger partial charge in [0.2, 0.25) is 5.60 Å². The molecule has 2 bridgehead atoms. The van der Waals surface area contributed by atoms with E-state index in [1.807, 2.05) is 61.4 Å². The fourth-order valence-corrected chi connectivity index (χ4v) is 14.5. The largest absolute Gasteiger partial charge is 0.496 e. The number of ketones is 1. The summed E-state index contributed by atoms with van der Waals surface area (Å²) in [5.74, 6) is -4.13. The highest BCUT2D eigenvalue weighted by Gasteiger charge is 2.80. The van der Waals surface area contributed by atoms with Gasteiger partial charge in [-0.3, -0.25) is 19.3 Å². The van der Waals surface area contributed by atoms with Crippen molar-refractivity contribution in [3.8, 4) is 5.75 Å². The van der Waals surface area contributed by atoms with Crippen LogP contribution in [-0.4, -0.2) is 141 Å². The molecule has 11 atom stereocenters. The summed E-state index contributed by atoms with van der Waals surface area (Å²) >= 11 is 0. The van der Waals surface area contributed by atoms with E-state index in [2.05, 4.69) is 27.8 Å². The number of methoxy groups -OCH3 is 3. The summed E-state index contributed by atoms with van der Waals surface area (Å²) in [6, 6.07) is 18.9. The van der Waals surface area contributed by atoms with Gasteiger partial charge in [0, 0.05) is 108 Å². The number of fused-ring (bicyclic) bond motifs is 6. The number of carbonyl (C=O) groups excluding carboxylic acids is 5. The molecule has 2 N–H and O–H groups in total. The zero-order valence-corrected chi connectivity index (χ0v) is 40.4. The molecule has 1 unspecified atom stereocenters. The van der Waals surface area contributed by atoms with E-state index in [1.165, 1.54) is 21.1 Å². The Morgan fingerprint density at radius 1 is 0.870 bits per heavy atom. The van der Waals surface area contributed by atoms with Crippen molar-refractivity contribution in [1.82, 2.24) is 14.8 Å². The van der Waals surface area contributed by atoms with E-state index in [0.717, 1.165) is 22.0 Å². The smallest absolute Gasteiger partial charge is 0.379 e. The second-order valence-electron chi connectivity index (χ2n) is 20.1. The first kappa shape index (κ1) is 46.7. The summed E-state index contributed by atoms with van der Waals surface area (Å²) < 4.78 is 30.6. The van der Waals surface area contributed by atoms with E-state index in [1.54, 1.807) is 37.4 Å². The molecule has 6 heterocycles. The molecule has 6 aliphatic rings. The topological polar surface area (TPSA) is 177 Å². The molecule has 1 spiro atoms. The molecule has 69 heavy (non-hydrogen) atoms. The molecule has 0 amide bonds. The standard InChI is InChI=1S/C54H62N4O11/c1-8-32-29-57-24-20-36-35-18-13-14-19-39(35)55-44(36)53(49(62)66-6,28-34(30-57)43(32)69-45(61)42(60)33-16-11-10-12-17-33)38-26-37-40(27-41(38)65-5)56(4)47-52(37)22-25-58-23-15-21-51(9-2,46(52)58)48(68-31(3)59)54(47,64)50(63)67-7/h10-19,21,26-27,32,34,43,46-48,55,64H,8-9,20,22-25,28-30H2,1-7H3/t32-,34+,43+,46+,47-,48-,51-,52-,53+,54+/m1/s1. The van der Waals surface area contributed by atoms with E-state index >= 15 is 4.79 Å². The second kappa shape index (κ2) is 17.1. The van der Waals surface area contributed by atoms with Crippen molar-refractivity contribution in [2.24, 2.45) is 17.3 Å². The van der Waals surface area contributed by atoms with Crippen molar-refractivity contribution >= 4 is 46.3 Å². The summed E-state index contributed by atoms with van der Waals surface area (Å²) in [6.07, 6.45) is 4.19. The van der Waals surface area contributed by atoms with Crippen molar-refractivity contribution in [2.75, 3.05) is 66.0 Å². The average Bonchev–Trinajstić information content (AvgIpc) is 4.03. The predicted octanol–water partition coefficient (Wildman–Crippen LogP) is 5.28. The van der Waals surface area contributed by atoms with E-state index in [-0.39, 0.29) is 23.9 Å². The molecule has 1 saturated carbocycles. The highest BCUT2D eigenvalue weighted by Crippen LogP contribution is 2.68. The Balaban J connectivity index is 1.24. The average molecular weight is 943 g/mol. The Hall–Kier alpha value is -6.03. The number of aromatic amines is 1. The maximum absolute atomic E-state index is 15.8. The monoisotopic (exact) mass is 942 g/mol. The Bertz CT molecular complexity index is 2770. The van der Waals surface area contributed by atoms with Gasteiger partial charge < -0.3 is 43.6 Å². The van der Waals surface area contributed by atoms with Gasteiger partial charge in [-0.2, -0.15) is 0 Å². The molecule has 5 aliphatic heterocycles.